The predicted molar refractivity (Wildman–Crippen MR) is 68.6 cm³/mol. The third-order valence-electron chi connectivity index (χ3n) is 2.93. The first-order valence-corrected chi connectivity index (χ1v) is 6.04. The van der Waals surface area contributed by atoms with Gasteiger partial charge in [0.25, 0.3) is 0 Å². The molecule has 1 saturated heterocycles. The standard InChI is InChI=1S/C13H18N2O3/c1-10-2-4-11(5-3-10)14-13(17)15-6-7-18-12(8-15)9-16/h2-5,12,16H,6-9H2,1H3,(H,14,17)/t12-/m1/s1. The molecule has 98 valence electrons. The second-order valence-corrected chi connectivity index (χ2v) is 4.42. The number of anilines is 1. The van der Waals surface area contributed by atoms with Gasteiger partial charge in [-0.3, -0.25) is 0 Å². The number of amides is 2. The van der Waals surface area contributed by atoms with Crippen LogP contribution >= 0.6 is 0 Å². The Labute approximate surface area is 106 Å². The lowest BCUT2D eigenvalue weighted by molar-refractivity contribution is -0.0388. The fraction of sp³-hybridized carbons (Fsp3) is 0.462. The Kier molecular flexibility index (Phi) is 4.17. The molecule has 0 spiro atoms. The molecule has 1 aliphatic rings. The summed E-state index contributed by atoms with van der Waals surface area (Å²) in [6.45, 7) is 3.38. The summed E-state index contributed by atoms with van der Waals surface area (Å²) < 4.78 is 5.30. The van der Waals surface area contributed by atoms with Crippen LogP contribution in [0.4, 0.5) is 10.5 Å². The Morgan fingerprint density at radius 3 is 2.89 bits per heavy atom. The van der Waals surface area contributed by atoms with E-state index >= 15 is 0 Å². The number of morpholine rings is 1. The summed E-state index contributed by atoms with van der Waals surface area (Å²) in [6, 6.07) is 7.49. The molecule has 0 bridgehead atoms. The molecule has 2 rings (SSSR count). The van der Waals surface area contributed by atoms with Crippen LogP contribution in [0.25, 0.3) is 0 Å². The topological polar surface area (TPSA) is 61.8 Å². The molecule has 5 heteroatoms. The van der Waals surface area contributed by atoms with E-state index in [2.05, 4.69) is 5.32 Å². The first kappa shape index (κ1) is 12.9. The molecule has 1 atom stereocenters. The number of aryl methyl sites for hydroxylation is 1. The van der Waals surface area contributed by atoms with Crippen molar-refractivity contribution in [3.05, 3.63) is 29.8 Å². The number of rotatable bonds is 2. The zero-order valence-electron chi connectivity index (χ0n) is 10.4. The lowest BCUT2D eigenvalue weighted by atomic mass is 10.2. The lowest BCUT2D eigenvalue weighted by Gasteiger charge is -2.32. The SMILES string of the molecule is Cc1ccc(NC(=O)N2CCO[C@@H](CO)C2)cc1. The molecule has 2 amide bonds. The van der Waals surface area contributed by atoms with Crippen LogP contribution in [0.3, 0.4) is 0 Å². The van der Waals surface area contributed by atoms with Crippen molar-refractivity contribution in [1.82, 2.24) is 4.90 Å². The molecule has 1 aliphatic heterocycles. The van der Waals surface area contributed by atoms with E-state index in [1.165, 1.54) is 0 Å². The highest BCUT2D eigenvalue weighted by atomic mass is 16.5. The van der Waals surface area contributed by atoms with E-state index in [4.69, 9.17) is 9.84 Å². The van der Waals surface area contributed by atoms with Crippen molar-refractivity contribution in [3.8, 4) is 0 Å². The third kappa shape index (κ3) is 3.21. The van der Waals surface area contributed by atoms with Crippen LogP contribution in [-0.4, -0.2) is 48.4 Å². The summed E-state index contributed by atoms with van der Waals surface area (Å²) in [5.74, 6) is 0. The maximum Gasteiger partial charge on any atom is 0.322 e. The van der Waals surface area contributed by atoms with Crippen LogP contribution in [0.5, 0.6) is 0 Å². The number of hydrogen-bond acceptors (Lipinski definition) is 3. The molecule has 0 radical (unpaired) electrons. The fourth-order valence-corrected chi connectivity index (χ4v) is 1.85. The zero-order valence-corrected chi connectivity index (χ0v) is 10.4. The molecule has 1 fully saturated rings. The Morgan fingerprint density at radius 2 is 2.22 bits per heavy atom. The van der Waals surface area contributed by atoms with Gasteiger partial charge in [0, 0.05) is 12.2 Å². The summed E-state index contributed by atoms with van der Waals surface area (Å²) in [5.41, 5.74) is 1.93. The molecule has 0 unspecified atom stereocenters. The molecule has 1 aromatic rings. The minimum Gasteiger partial charge on any atom is -0.394 e. The quantitative estimate of drug-likeness (QED) is 0.829. The van der Waals surface area contributed by atoms with Crippen molar-refractivity contribution in [2.45, 2.75) is 13.0 Å². The number of nitrogens with one attached hydrogen (secondary N) is 1. The Hall–Kier alpha value is -1.59. The van der Waals surface area contributed by atoms with Gasteiger partial charge in [0.05, 0.1) is 25.9 Å². The van der Waals surface area contributed by atoms with Gasteiger partial charge in [-0.2, -0.15) is 0 Å². The van der Waals surface area contributed by atoms with Crippen molar-refractivity contribution in [2.75, 3.05) is 31.6 Å². The second kappa shape index (κ2) is 5.84. The number of ether oxygens (including phenoxy) is 1. The van der Waals surface area contributed by atoms with E-state index in [-0.39, 0.29) is 18.7 Å². The van der Waals surface area contributed by atoms with E-state index in [1.807, 2.05) is 31.2 Å². The highest BCUT2D eigenvalue weighted by Crippen LogP contribution is 2.11. The van der Waals surface area contributed by atoms with Crippen LogP contribution in [0.1, 0.15) is 5.56 Å². The molecule has 18 heavy (non-hydrogen) atoms. The van der Waals surface area contributed by atoms with Crippen molar-refractivity contribution in [2.24, 2.45) is 0 Å². The highest BCUT2D eigenvalue weighted by molar-refractivity contribution is 5.89. The Morgan fingerprint density at radius 1 is 1.50 bits per heavy atom. The van der Waals surface area contributed by atoms with Gasteiger partial charge in [-0.15, -0.1) is 0 Å². The first-order valence-electron chi connectivity index (χ1n) is 6.04. The summed E-state index contributed by atoms with van der Waals surface area (Å²) in [4.78, 5) is 13.6. The number of benzene rings is 1. The van der Waals surface area contributed by atoms with E-state index in [9.17, 15) is 4.79 Å². The third-order valence-corrected chi connectivity index (χ3v) is 2.93. The normalized spacial score (nSPS) is 19.7. The number of urea groups is 1. The number of carbonyl (C=O) groups is 1. The molecule has 2 N–H and O–H groups in total. The number of aliphatic hydroxyl groups is 1. The van der Waals surface area contributed by atoms with Crippen molar-refractivity contribution in [3.63, 3.8) is 0 Å². The maximum absolute atomic E-state index is 12.0. The van der Waals surface area contributed by atoms with Gasteiger partial charge < -0.3 is 20.1 Å². The molecular formula is C13H18N2O3. The van der Waals surface area contributed by atoms with E-state index < -0.39 is 0 Å². The van der Waals surface area contributed by atoms with Crippen molar-refractivity contribution >= 4 is 11.7 Å². The van der Waals surface area contributed by atoms with Crippen molar-refractivity contribution in [1.29, 1.82) is 0 Å². The maximum atomic E-state index is 12.0. The predicted octanol–water partition coefficient (Wildman–Crippen LogP) is 1.22. The van der Waals surface area contributed by atoms with Gasteiger partial charge in [-0.05, 0) is 19.1 Å². The average molecular weight is 250 g/mol. The molecular weight excluding hydrogens is 232 g/mol. The van der Waals surface area contributed by atoms with E-state index in [1.54, 1.807) is 4.90 Å². The fourth-order valence-electron chi connectivity index (χ4n) is 1.85. The first-order chi connectivity index (χ1) is 8.69. The van der Waals surface area contributed by atoms with Gasteiger partial charge in [-0.1, -0.05) is 17.7 Å². The zero-order chi connectivity index (χ0) is 13.0. The minimum atomic E-state index is -0.275. The number of hydrogen-bond donors (Lipinski definition) is 2. The van der Waals surface area contributed by atoms with Gasteiger partial charge in [-0.25, -0.2) is 4.79 Å². The van der Waals surface area contributed by atoms with Crippen LogP contribution in [0.2, 0.25) is 0 Å². The summed E-state index contributed by atoms with van der Waals surface area (Å²) >= 11 is 0. The Bertz CT molecular complexity index is 405. The lowest BCUT2D eigenvalue weighted by Crippen LogP contribution is -2.48. The van der Waals surface area contributed by atoms with Gasteiger partial charge in [0.15, 0.2) is 0 Å². The van der Waals surface area contributed by atoms with Crippen molar-refractivity contribution < 1.29 is 14.6 Å². The summed E-state index contributed by atoms with van der Waals surface area (Å²) in [6.07, 6.45) is -0.275. The van der Waals surface area contributed by atoms with Gasteiger partial charge >= 0.3 is 6.03 Å². The summed E-state index contributed by atoms with van der Waals surface area (Å²) in [7, 11) is 0. The molecule has 0 aliphatic carbocycles. The smallest absolute Gasteiger partial charge is 0.322 e. The summed E-state index contributed by atoms with van der Waals surface area (Å²) in [5, 5.41) is 11.9. The van der Waals surface area contributed by atoms with E-state index in [0.717, 1.165) is 11.3 Å². The Balaban J connectivity index is 1.93. The monoisotopic (exact) mass is 250 g/mol. The van der Waals surface area contributed by atoms with Crippen LogP contribution < -0.4 is 5.32 Å². The number of aliphatic hydroxyl groups excluding tert-OH is 1. The number of nitrogens with zero attached hydrogens (tertiary/aromatic N) is 1. The van der Waals surface area contributed by atoms with Gasteiger partial charge in [0.1, 0.15) is 0 Å². The van der Waals surface area contributed by atoms with Gasteiger partial charge in [0.2, 0.25) is 0 Å². The van der Waals surface area contributed by atoms with E-state index in [0.29, 0.717) is 19.7 Å². The largest absolute Gasteiger partial charge is 0.394 e. The van der Waals surface area contributed by atoms with Crippen LogP contribution in [0, 0.1) is 6.92 Å². The minimum absolute atomic E-state index is 0.0612. The molecule has 0 aromatic heterocycles. The highest BCUT2D eigenvalue weighted by Gasteiger charge is 2.23. The van der Waals surface area contributed by atoms with Crippen LogP contribution in [0.15, 0.2) is 24.3 Å². The second-order valence-electron chi connectivity index (χ2n) is 4.42. The molecule has 1 heterocycles. The molecule has 0 saturated carbocycles. The molecule has 1 aromatic carbocycles. The average Bonchev–Trinajstić information content (AvgIpc) is 2.41. The number of carbonyl (C=O) groups excluding carboxylic acids is 1. The van der Waals surface area contributed by atoms with Crippen LogP contribution in [-0.2, 0) is 4.74 Å². The molecule has 5 nitrogen and oxygen atoms in total.